The molecule has 3 rings (SSSR count). The normalized spacial score (nSPS) is 28.1. The second kappa shape index (κ2) is 5.63. The van der Waals surface area contributed by atoms with Crippen molar-refractivity contribution in [3.05, 3.63) is 28.8 Å². The van der Waals surface area contributed by atoms with Gasteiger partial charge in [-0.25, -0.2) is 0 Å². The predicted molar refractivity (Wildman–Crippen MR) is 82.2 cm³/mol. The molecule has 2 bridgehead atoms. The summed E-state index contributed by atoms with van der Waals surface area (Å²) in [6.07, 6.45) is 5.05. The Morgan fingerprint density at radius 2 is 2.05 bits per heavy atom. The van der Waals surface area contributed by atoms with E-state index in [2.05, 4.69) is 23.2 Å². The first-order valence-electron chi connectivity index (χ1n) is 7.43. The van der Waals surface area contributed by atoms with Gasteiger partial charge in [0, 0.05) is 30.4 Å². The largest absolute Gasteiger partial charge is 0.369 e. The molecule has 2 aliphatic heterocycles. The van der Waals surface area contributed by atoms with Gasteiger partial charge in [0.15, 0.2) is 0 Å². The number of benzene rings is 1. The van der Waals surface area contributed by atoms with E-state index in [1.165, 1.54) is 25.7 Å². The van der Waals surface area contributed by atoms with Crippen LogP contribution in [-0.2, 0) is 0 Å². The SMILES string of the molecule is CCN(c1ccc(C#N)c(Cl)c1)C1CC2CCC(C1)N2. The average molecular weight is 290 g/mol. The number of piperidine rings is 1. The molecule has 2 saturated heterocycles. The van der Waals surface area contributed by atoms with Crippen LogP contribution in [0.25, 0.3) is 0 Å². The molecule has 1 aromatic carbocycles. The summed E-state index contributed by atoms with van der Waals surface area (Å²) in [5.41, 5.74) is 1.69. The summed E-state index contributed by atoms with van der Waals surface area (Å²) in [5.74, 6) is 0. The zero-order chi connectivity index (χ0) is 14.1. The Kier molecular flexibility index (Phi) is 3.87. The summed E-state index contributed by atoms with van der Waals surface area (Å²) in [6, 6.07) is 9.87. The van der Waals surface area contributed by atoms with E-state index in [4.69, 9.17) is 16.9 Å². The van der Waals surface area contributed by atoms with E-state index in [1.54, 1.807) is 0 Å². The van der Waals surface area contributed by atoms with Gasteiger partial charge in [-0.3, -0.25) is 0 Å². The predicted octanol–water partition coefficient (Wildman–Crippen LogP) is 3.32. The van der Waals surface area contributed by atoms with Gasteiger partial charge in [0.2, 0.25) is 0 Å². The molecule has 0 aliphatic carbocycles. The van der Waals surface area contributed by atoms with Crippen LogP contribution in [0, 0.1) is 11.3 Å². The summed E-state index contributed by atoms with van der Waals surface area (Å²) >= 11 is 6.18. The molecule has 2 atom stereocenters. The lowest BCUT2D eigenvalue weighted by atomic mass is 9.97. The molecule has 0 spiro atoms. The maximum absolute atomic E-state index is 8.98. The highest BCUT2D eigenvalue weighted by Crippen LogP contribution is 2.33. The average Bonchev–Trinajstić information content (AvgIpc) is 2.79. The van der Waals surface area contributed by atoms with Crippen molar-refractivity contribution in [2.24, 2.45) is 0 Å². The standard InChI is InChI=1S/C16H20ClN3/c1-2-20(14-6-3-11(10-18)16(17)9-14)15-7-12-4-5-13(8-15)19-12/h3,6,9,12-13,15,19H,2,4-5,7-8H2,1H3. The minimum atomic E-state index is 0.553. The van der Waals surface area contributed by atoms with Gasteiger partial charge in [-0.2, -0.15) is 5.26 Å². The first kappa shape index (κ1) is 13.7. The molecule has 0 amide bonds. The minimum Gasteiger partial charge on any atom is -0.369 e. The molecule has 2 aliphatic rings. The third-order valence-corrected chi connectivity index (χ3v) is 4.95. The Balaban J connectivity index is 1.83. The van der Waals surface area contributed by atoms with Crippen LogP contribution < -0.4 is 10.2 Å². The van der Waals surface area contributed by atoms with E-state index in [9.17, 15) is 0 Å². The Morgan fingerprint density at radius 3 is 2.60 bits per heavy atom. The van der Waals surface area contributed by atoms with E-state index < -0.39 is 0 Å². The number of halogens is 1. The Bertz CT molecular complexity index is 525. The van der Waals surface area contributed by atoms with Crippen LogP contribution >= 0.6 is 11.6 Å². The molecule has 3 nitrogen and oxygen atoms in total. The molecule has 0 aromatic heterocycles. The minimum absolute atomic E-state index is 0.553. The fraction of sp³-hybridized carbons (Fsp3) is 0.562. The van der Waals surface area contributed by atoms with E-state index in [1.807, 2.05) is 18.2 Å². The maximum Gasteiger partial charge on any atom is 0.101 e. The van der Waals surface area contributed by atoms with Crippen LogP contribution in [0.1, 0.15) is 38.2 Å². The fourth-order valence-corrected chi connectivity index (χ4v) is 3.92. The lowest BCUT2D eigenvalue weighted by Gasteiger charge is -2.38. The fourth-order valence-electron chi connectivity index (χ4n) is 3.71. The number of fused-ring (bicyclic) bond motifs is 2. The molecule has 4 heteroatoms. The molecule has 1 N–H and O–H groups in total. The molecular formula is C16H20ClN3. The summed E-state index contributed by atoms with van der Waals surface area (Å²) in [4.78, 5) is 2.44. The summed E-state index contributed by atoms with van der Waals surface area (Å²) in [7, 11) is 0. The number of hydrogen-bond donors (Lipinski definition) is 1. The van der Waals surface area contributed by atoms with Gasteiger partial charge in [0.05, 0.1) is 10.6 Å². The monoisotopic (exact) mass is 289 g/mol. The highest BCUT2D eigenvalue weighted by Gasteiger charge is 2.35. The van der Waals surface area contributed by atoms with E-state index in [-0.39, 0.29) is 0 Å². The van der Waals surface area contributed by atoms with Gasteiger partial charge < -0.3 is 10.2 Å². The Morgan fingerprint density at radius 1 is 1.35 bits per heavy atom. The zero-order valence-corrected chi connectivity index (χ0v) is 12.5. The molecule has 2 heterocycles. The topological polar surface area (TPSA) is 39.1 Å². The second-order valence-corrected chi connectivity index (χ2v) is 6.23. The number of nitriles is 1. The molecule has 20 heavy (non-hydrogen) atoms. The zero-order valence-electron chi connectivity index (χ0n) is 11.8. The lowest BCUT2D eigenvalue weighted by molar-refractivity contribution is 0.349. The number of rotatable bonds is 3. The molecule has 1 aromatic rings. The highest BCUT2D eigenvalue weighted by molar-refractivity contribution is 6.32. The first-order valence-corrected chi connectivity index (χ1v) is 7.81. The van der Waals surface area contributed by atoms with Crippen LogP contribution in [0.5, 0.6) is 0 Å². The van der Waals surface area contributed by atoms with Gasteiger partial charge in [-0.15, -0.1) is 0 Å². The van der Waals surface area contributed by atoms with Crippen LogP contribution in [-0.4, -0.2) is 24.7 Å². The van der Waals surface area contributed by atoms with Crippen LogP contribution in [0.4, 0.5) is 5.69 Å². The van der Waals surface area contributed by atoms with Gasteiger partial charge in [0.25, 0.3) is 0 Å². The summed E-state index contributed by atoms with van der Waals surface area (Å²) in [6.45, 7) is 3.17. The molecule has 0 saturated carbocycles. The third kappa shape index (κ3) is 2.51. The van der Waals surface area contributed by atoms with Crippen molar-refractivity contribution in [2.45, 2.75) is 50.7 Å². The van der Waals surface area contributed by atoms with Crippen LogP contribution in [0.15, 0.2) is 18.2 Å². The Labute approximate surface area is 125 Å². The molecule has 0 radical (unpaired) electrons. The quantitative estimate of drug-likeness (QED) is 0.928. The van der Waals surface area contributed by atoms with Gasteiger partial charge >= 0.3 is 0 Å². The molecule has 2 fully saturated rings. The van der Waals surface area contributed by atoms with Crippen molar-refractivity contribution in [1.29, 1.82) is 5.26 Å². The summed E-state index contributed by atoms with van der Waals surface area (Å²) in [5, 5.41) is 13.2. The first-order chi connectivity index (χ1) is 9.71. The van der Waals surface area contributed by atoms with Crippen LogP contribution in [0.3, 0.4) is 0 Å². The van der Waals surface area contributed by atoms with Gasteiger partial charge in [0.1, 0.15) is 6.07 Å². The van der Waals surface area contributed by atoms with E-state index >= 15 is 0 Å². The number of anilines is 1. The van der Waals surface area contributed by atoms with E-state index in [0.717, 1.165) is 12.2 Å². The van der Waals surface area contributed by atoms with Crippen molar-refractivity contribution in [3.8, 4) is 6.07 Å². The van der Waals surface area contributed by atoms with Gasteiger partial charge in [-0.05, 0) is 50.8 Å². The van der Waals surface area contributed by atoms with Crippen molar-refractivity contribution in [1.82, 2.24) is 5.32 Å². The smallest absolute Gasteiger partial charge is 0.101 e. The third-order valence-electron chi connectivity index (χ3n) is 4.63. The second-order valence-electron chi connectivity index (χ2n) is 5.83. The van der Waals surface area contributed by atoms with E-state index in [0.29, 0.717) is 28.7 Å². The van der Waals surface area contributed by atoms with Crippen molar-refractivity contribution in [2.75, 3.05) is 11.4 Å². The molecule has 2 unspecified atom stereocenters. The van der Waals surface area contributed by atoms with Crippen molar-refractivity contribution < 1.29 is 0 Å². The van der Waals surface area contributed by atoms with Crippen molar-refractivity contribution in [3.63, 3.8) is 0 Å². The lowest BCUT2D eigenvalue weighted by Crippen LogP contribution is -2.48. The number of hydrogen-bond acceptors (Lipinski definition) is 3. The molecule has 106 valence electrons. The number of nitrogens with one attached hydrogen (secondary N) is 1. The molecular weight excluding hydrogens is 270 g/mol. The number of nitrogens with zero attached hydrogens (tertiary/aromatic N) is 2. The van der Waals surface area contributed by atoms with Crippen molar-refractivity contribution >= 4 is 17.3 Å². The Hall–Kier alpha value is -1.24. The highest BCUT2D eigenvalue weighted by atomic mass is 35.5. The maximum atomic E-state index is 8.98. The van der Waals surface area contributed by atoms with Crippen LogP contribution in [0.2, 0.25) is 5.02 Å². The summed E-state index contributed by atoms with van der Waals surface area (Å²) < 4.78 is 0. The van der Waals surface area contributed by atoms with Gasteiger partial charge in [-0.1, -0.05) is 11.6 Å².